The molecule has 0 heterocycles. The number of hydrogen-bond donors (Lipinski definition) is 2. The number of unbranched alkanes of at least 4 members (excludes halogenated alkanes) is 7. The molecule has 134 valence electrons. The summed E-state index contributed by atoms with van der Waals surface area (Å²) in [6.07, 6.45) is 12.1. The maximum atomic E-state index is 9.89. The van der Waals surface area contributed by atoms with Gasteiger partial charge in [0.05, 0.1) is 0 Å². The van der Waals surface area contributed by atoms with Crippen molar-refractivity contribution in [1.29, 1.82) is 0 Å². The lowest BCUT2D eigenvalue weighted by molar-refractivity contribution is -0.137. The van der Waals surface area contributed by atoms with Gasteiger partial charge < -0.3 is 15.6 Å². The summed E-state index contributed by atoms with van der Waals surface area (Å²) < 4.78 is 0. The summed E-state index contributed by atoms with van der Waals surface area (Å²) in [4.78, 5) is 19.7. The molecule has 0 radical (unpaired) electrons. The fourth-order valence-corrected chi connectivity index (χ4v) is 1.56. The number of rotatable bonds is 11. The summed E-state index contributed by atoms with van der Waals surface area (Å²) in [6.45, 7) is 8.96. The molecule has 0 aromatic carbocycles. The third-order valence-electron chi connectivity index (χ3n) is 2.82. The molecule has 4 nitrogen and oxygen atoms in total. The van der Waals surface area contributed by atoms with Gasteiger partial charge in [0.1, 0.15) is 6.29 Å². The monoisotopic (exact) mass is 317 g/mol. The predicted octanol–water partition coefficient (Wildman–Crippen LogP) is 4.80. The van der Waals surface area contributed by atoms with Gasteiger partial charge in [-0.3, -0.25) is 4.79 Å². The van der Waals surface area contributed by atoms with Crippen LogP contribution >= 0.6 is 0 Å². The van der Waals surface area contributed by atoms with Gasteiger partial charge in [0.15, 0.2) is 0 Å². The van der Waals surface area contributed by atoms with E-state index in [-0.39, 0.29) is 12.3 Å². The average molecular weight is 318 g/mol. The Kier molecular flexibility index (Phi) is 29.7. The SMILES string of the molecule is CC(C)CC(=O)O.CCCCCCCCC=O.CCCCN. The van der Waals surface area contributed by atoms with Crippen molar-refractivity contribution in [2.75, 3.05) is 6.54 Å². The van der Waals surface area contributed by atoms with E-state index in [9.17, 15) is 9.59 Å². The highest BCUT2D eigenvalue weighted by molar-refractivity contribution is 5.66. The number of carboxylic acids is 1. The molecule has 0 atom stereocenters. The molecule has 0 aliphatic rings. The van der Waals surface area contributed by atoms with Gasteiger partial charge in [0, 0.05) is 12.8 Å². The Labute approximate surface area is 137 Å². The summed E-state index contributed by atoms with van der Waals surface area (Å²) in [7, 11) is 0. The van der Waals surface area contributed by atoms with Crippen LogP contribution < -0.4 is 5.73 Å². The molecule has 0 fully saturated rings. The van der Waals surface area contributed by atoms with E-state index in [1.54, 1.807) is 0 Å². The van der Waals surface area contributed by atoms with Gasteiger partial charge in [-0.2, -0.15) is 0 Å². The van der Waals surface area contributed by atoms with Crippen molar-refractivity contribution in [1.82, 2.24) is 0 Å². The van der Waals surface area contributed by atoms with Gasteiger partial charge in [-0.25, -0.2) is 0 Å². The second-order valence-electron chi connectivity index (χ2n) is 5.86. The molecule has 4 heteroatoms. The Bertz CT molecular complexity index is 216. The minimum Gasteiger partial charge on any atom is -0.481 e. The molecule has 0 spiro atoms. The largest absolute Gasteiger partial charge is 0.481 e. The first kappa shape index (κ1) is 26.0. The summed E-state index contributed by atoms with van der Waals surface area (Å²) in [6, 6.07) is 0. The predicted molar refractivity (Wildman–Crippen MR) is 95.1 cm³/mol. The number of aldehydes is 1. The molecular formula is C18H39NO3. The maximum absolute atomic E-state index is 9.89. The second kappa shape index (κ2) is 25.1. The Morgan fingerprint density at radius 1 is 1.00 bits per heavy atom. The van der Waals surface area contributed by atoms with E-state index in [4.69, 9.17) is 10.8 Å². The number of carbonyl (C=O) groups excluding carboxylic acids is 1. The van der Waals surface area contributed by atoms with E-state index in [1.807, 2.05) is 13.8 Å². The van der Waals surface area contributed by atoms with E-state index in [1.165, 1.54) is 44.9 Å². The first-order chi connectivity index (χ1) is 10.5. The smallest absolute Gasteiger partial charge is 0.303 e. The lowest BCUT2D eigenvalue weighted by atomic mass is 10.1. The fourth-order valence-electron chi connectivity index (χ4n) is 1.56. The zero-order valence-corrected chi connectivity index (χ0v) is 15.3. The van der Waals surface area contributed by atoms with E-state index < -0.39 is 5.97 Å². The molecule has 0 aliphatic carbocycles. The quantitative estimate of drug-likeness (QED) is 0.424. The van der Waals surface area contributed by atoms with Crippen molar-refractivity contribution in [3.63, 3.8) is 0 Å². The van der Waals surface area contributed by atoms with Crippen LogP contribution in [0.15, 0.2) is 0 Å². The van der Waals surface area contributed by atoms with Crippen LogP contribution in [0.3, 0.4) is 0 Å². The van der Waals surface area contributed by atoms with Gasteiger partial charge in [0.2, 0.25) is 0 Å². The van der Waals surface area contributed by atoms with Crippen LogP contribution in [0.1, 0.15) is 91.9 Å². The minimum absolute atomic E-state index is 0.275. The van der Waals surface area contributed by atoms with Crippen LogP contribution in [0.2, 0.25) is 0 Å². The van der Waals surface area contributed by atoms with Crippen molar-refractivity contribution in [2.24, 2.45) is 11.7 Å². The Hall–Kier alpha value is -0.900. The minimum atomic E-state index is -0.713. The van der Waals surface area contributed by atoms with Crippen LogP contribution in [0.5, 0.6) is 0 Å². The highest BCUT2D eigenvalue weighted by Gasteiger charge is 1.98. The number of carboxylic acid groups (broad SMARTS) is 1. The Morgan fingerprint density at radius 3 is 1.77 bits per heavy atom. The Morgan fingerprint density at radius 2 is 1.50 bits per heavy atom. The van der Waals surface area contributed by atoms with Crippen molar-refractivity contribution in [3.05, 3.63) is 0 Å². The lowest BCUT2D eigenvalue weighted by Gasteiger charge is -1.95. The topological polar surface area (TPSA) is 80.4 Å². The van der Waals surface area contributed by atoms with Crippen LogP contribution in [0.25, 0.3) is 0 Å². The van der Waals surface area contributed by atoms with Gasteiger partial charge in [-0.1, -0.05) is 66.2 Å². The summed E-state index contributed by atoms with van der Waals surface area (Å²) in [5.74, 6) is -0.438. The Balaban J connectivity index is -0.000000263. The molecule has 0 saturated heterocycles. The molecule has 0 bridgehead atoms. The molecule has 0 rings (SSSR count). The van der Waals surface area contributed by atoms with Crippen LogP contribution in [0, 0.1) is 5.92 Å². The van der Waals surface area contributed by atoms with Crippen LogP contribution in [-0.2, 0) is 9.59 Å². The lowest BCUT2D eigenvalue weighted by Crippen LogP contribution is -1.99. The number of nitrogens with two attached hydrogens (primary N) is 1. The third-order valence-corrected chi connectivity index (χ3v) is 2.82. The van der Waals surface area contributed by atoms with Gasteiger partial charge in [-0.05, 0) is 25.3 Å². The van der Waals surface area contributed by atoms with Gasteiger partial charge in [0.25, 0.3) is 0 Å². The number of hydrogen-bond acceptors (Lipinski definition) is 3. The number of carbonyl (C=O) groups is 2. The molecule has 0 aromatic heterocycles. The van der Waals surface area contributed by atoms with Crippen molar-refractivity contribution >= 4 is 12.3 Å². The van der Waals surface area contributed by atoms with Gasteiger partial charge >= 0.3 is 5.97 Å². The summed E-state index contributed by atoms with van der Waals surface area (Å²) >= 11 is 0. The molecule has 22 heavy (non-hydrogen) atoms. The molecule has 0 saturated carbocycles. The van der Waals surface area contributed by atoms with Crippen molar-refractivity contribution in [2.45, 2.75) is 91.9 Å². The van der Waals surface area contributed by atoms with Crippen LogP contribution in [0.4, 0.5) is 0 Å². The fraction of sp³-hybridized carbons (Fsp3) is 0.889. The molecule has 0 unspecified atom stereocenters. The van der Waals surface area contributed by atoms with E-state index in [2.05, 4.69) is 13.8 Å². The zero-order valence-electron chi connectivity index (χ0n) is 15.3. The molecule has 0 amide bonds. The van der Waals surface area contributed by atoms with E-state index in [0.29, 0.717) is 0 Å². The van der Waals surface area contributed by atoms with Crippen molar-refractivity contribution in [3.8, 4) is 0 Å². The summed E-state index contributed by atoms with van der Waals surface area (Å²) in [5, 5.41) is 8.08. The highest BCUT2D eigenvalue weighted by atomic mass is 16.4. The first-order valence-corrected chi connectivity index (χ1v) is 8.81. The van der Waals surface area contributed by atoms with E-state index in [0.717, 1.165) is 25.7 Å². The normalized spacial score (nSPS) is 9.36. The maximum Gasteiger partial charge on any atom is 0.303 e. The highest BCUT2D eigenvalue weighted by Crippen LogP contribution is 2.05. The molecule has 3 N–H and O–H groups in total. The standard InChI is InChI=1S/C9H18O.C5H10O2.C4H11N/c1-2-3-4-5-6-7-8-9-10;1-4(2)3-5(6)7;1-2-3-4-5/h9H,2-8H2,1H3;4H,3H2,1-2H3,(H,6,7);2-5H2,1H3. The third kappa shape index (κ3) is 42.7. The molecular weight excluding hydrogens is 278 g/mol. The average Bonchev–Trinajstić information content (AvgIpc) is 2.43. The molecule has 0 aliphatic heterocycles. The zero-order chi connectivity index (χ0) is 17.6. The second-order valence-corrected chi connectivity index (χ2v) is 5.86. The first-order valence-electron chi connectivity index (χ1n) is 8.81. The van der Waals surface area contributed by atoms with Gasteiger partial charge in [-0.15, -0.1) is 0 Å². The summed E-state index contributed by atoms with van der Waals surface area (Å²) in [5.41, 5.74) is 5.14. The van der Waals surface area contributed by atoms with E-state index >= 15 is 0 Å². The molecule has 0 aromatic rings. The number of aliphatic carboxylic acids is 1. The van der Waals surface area contributed by atoms with Crippen molar-refractivity contribution < 1.29 is 14.7 Å². The van der Waals surface area contributed by atoms with Crippen LogP contribution in [-0.4, -0.2) is 23.9 Å².